The zero-order valence-electron chi connectivity index (χ0n) is 11.4. The number of aryl methyl sites for hydroxylation is 3. The van der Waals surface area contributed by atoms with Crippen molar-refractivity contribution in [3.8, 4) is 0 Å². The fraction of sp³-hybridized carbons (Fsp3) is 0.357. The molecule has 1 heterocycles. The van der Waals surface area contributed by atoms with Crippen LogP contribution in [-0.4, -0.2) is 9.78 Å². The predicted octanol–water partition coefficient (Wildman–Crippen LogP) is 1.98. The Morgan fingerprint density at radius 2 is 2.16 bits per heavy atom. The molecule has 4 nitrogen and oxygen atoms in total. The first-order valence-electron chi connectivity index (χ1n) is 6.30. The summed E-state index contributed by atoms with van der Waals surface area (Å²) in [5, 5.41) is 4.40. The quantitative estimate of drug-likeness (QED) is 0.654. The fourth-order valence-corrected chi connectivity index (χ4v) is 2.37. The maximum Gasteiger partial charge on any atom is 0.123 e. The van der Waals surface area contributed by atoms with E-state index < -0.39 is 0 Å². The highest BCUT2D eigenvalue weighted by Gasteiger charge is 2.19. The third-order valence-electron chi connectivity index (χ3n) is 3.15. The first-order chi connectivity index (χ1) is 9.05. The Kier molecular flexibility index (Phi) is 3.97. The van der Waals surface area contributed by atoms with E-state index in [1.54, 1.807) is 4.68 Å². The first-order valence-corrected chi connectivity index (χ1v) is 6.30. The summed E-state index contributed by atoms with van der Waals surface area (Å²) in [5.41, 5.74) is 6.39. The molecular formula is C14H19FN4. The van der Waals surface area contributed by atoms with Crippen molar-refractivity contribution >= 4 is 0 Å². The third kappa shape index (κ3) is 2.83. The summed E-state index contributed by atoms with van der Waals surface area (Å²) >= 11 is 0. The normalized spacial score (nSPS) is 12.7. The Morgan fingerprint density at radius 1 is 1.42 bits per heavy atom. The Balaban J connectivity index is 2.49. The average Bonchev–Trinajstić information content (AvgIpc) is 2.70. The number of rotatable bonds is 4. The lowest BCUT2D eigenvalue weighted by Gasteiger charge is -2.17. The number of benzene rings is 1. The van der Waals surface area contributed by atoms with Gasteiger partial charge in [0, 0.05) is 18.8 Å². The molecule has 2 rings (SSSR count). The average molecular weight is 262 g/mol. The molecule has 0 saturated heterocycles. The molecule has 1 unspecified atom stereocenters. The zero-order valence-corrected chi connectivity index (χ0v) is 11.4. The minimum absolute atomic E-state index is 0.252. The molecule has 19 heavy (non-hydrogen) atoms. The van der Waals surface area contributed by atoms with Gasteiger partial charge in [0.05, 0.1) is 11.7 Å². The van der Waals surface area contributed by atoms with E-state index in [1.807, 2.05) is 33.2 Å². The molecule has 1 aromatic carbocycles. The highest BCUT2D eigenvalue weighted by atomic mass is 19.1. The Morgan fingerprint density at radius 3 is 2.74 bits per heavy atom. The van der Waals surface area contributed by atoms with Gasteiger partial charge < -0.3 is 0 Å². The Hall–Kier alpha value is -1.72. The molecular weight excluding hydrogens is 243 g/mol. The highest BCUT2D eigenvalue weighted by Crippen LogP contribution is 2.25. The topological polar surface area (TPSA) is 55.9 Å². The van der Waals surface area contributed by atoms with Crippen LogP contribution in [0.3, 0.4) is 0 Å². The van der Waals surface area contributed by atoms with Crippen LogP contribution in [-0.2, 0) is 13.5 Å². The van der Waals surface area contributed by atoms with Gasteiger partial charge in [0.1, 0.15) is 5.82 Å². The van der Waals surface area contributed by atoms with E-state index >= 15 is 0 Å². The van der Waals surface area contributed by atoms with Crippen LogP contribution >= 0.6 is 0 Å². The van der Waals surface area contributed by atoms with E-state index in [1.165, 1.54) is 12.1 Å². The lowest BCUT2D eigenvalue weighted by atomic mass is 9.97. The van der Waals surface area contributed by atoms with Gasteiger partial charge in [-0.2, -0.15) is 5.10 Å². The summed E-state index contributed by atoms with van der Waals surface area (Å²) in [6.45, 7) is 3.90. The maximum absolute atomic E-state index is 13.5. The number of halogens is 1. The summed E-state index contributed by atoms with van der Waals surface area (Å²) in [7, 11) is 1.87. The van der Waals surface area contributed by atoms with E-state index in [2.05, 4.69) is 10.5 Å². The van der Waals surface area contributed by atoms with Crippen molar-refractivity contribution in [2.45, 2.75) is 26.3 Å². The third-order valence-corrected chi connectivity index (χ3v) is 3.15. The summed E-state index contributed by atoms with van der Waals surface area (Å²) in [5.74, 6) is 5.41. The van der Waals surface area contributed by atoms with Crippen molar-refractivity contribution in [1.29, 1.82) is 0 Å². The van der Waals surface area contributed by atoms with Crippen molar-refractivity contribution < 1.29 is 4.39 Å². The number of aromatic nitrogens is 2. The molecule has 102 valence electrons. The molecule has 0 aliphatic rings. The Labute approximate surface area is 112 Å². The van der Waals surface area contributed by atoms with E-state index in [9.17, 15) is 4.39 Å². The second-order valence-corrected chi connectivity index (χ2v) is 4.72. The maximum atomic E-state index is 13.5. The van der Waals surface area contributed by atoms with Crippen molar-refractivity contribution in [2.75, 3.05) is 0 Å². The second-order valence-electron chi connectivity index (χ2n) is 4.72. The second kappa shape index (κ2) is 5.50. The fourth-order valence-electron chi connectivity index (χ4n) is 2.37. The number of nitrogens with two attached hydrogens (primary N) is 1. The number of nitrogens with zero attached hydrogens (tertiary/aromatic N) is 2. The Bertz CT molecular complexity index is 557. The smallest absolute Gasteiger partial charge is 0.123 e. The van der Waals surface area contributed by atoms with E-state index in [0.717, 1.165) is 28.8 Å². The van der Waals surface area contributed by atoms with Crippen molar-refractivity contribution in [1.82, 2.24) is 15.2 Å². The molecule has 0 bridgehead atoms. The monoisotopic (exact) mass is 262 g/mol. The molecule has 1 aromatic heterocycles. The lowest BCUT2D eigenvalue weighted by Crippen LogP contribution is -2.29. The lowest BCUT2D eigenvalue weighted by molar-refractivity contribution is 0.601. The van der Waals surface area contributed by atoms with Gasteiger partial charge in [-0.15, -0.1) is 0 Å². The summed E-state index contributed by atoms with van der Waals surface area (Å²) in [6, 6.07) is 4.68. The highest BCUT2D eigenvalue weighted by molar-refractivity contribution is 5.35. The number of nitrogens with one attached hydrogen (secondary N) is 1. The van der Waals surface area contributed by atoms with Gasteiger partial charge in [-0.05, 0) is 36.6 Å². The van der Waals surface area contributed by atoms with Crippen LogP contribution in [0.5, 0.6) is 0 Å². The molecule has 0 aliphatic heterocycles. The summed E-state index contributed by atoms with van der Waals surface area (Å²) in [4.78, 5) is 0. The number of hydrogen-bond donors (Lipinski definition) is 2. The van der Waals surface area contributed by atoms with E-state index in [4.69, 9.17) is 5.84 Å². The molecule has 0 amide bonds. The minimum atomic E-state index is -0.253. The van der Waals surface area contributed by atoms with Gasteiger partial charge in [0.25, 0.3) is 0 Å². The van der Waals surface area contributed by atoms with Crippen molar-refractivity contribution in [2.24, 2.45) is 12.9 Å². The molecule has 0 spiro atoms. The number of hydrazine groups is 1. The molecule has 1 atom stereocenters. The van der Waals surface area contributed by atoms with Gasteiger partial charge in [0.2, 0.25) is 0 Å². The van der Waals surface area contributed by atoms with Crippen LogP contribution in [0.1, 0.15) is 35.3 Å². The van der Waals surface area contributed by atoms with Crippen LogP contribution in [0.15, 0.2) is 24.4 Å². The molecule has 0 saturated carbocycles. The number of hydrogen-bond acceptors (Lipinski definition) is 3. The van der Waals surface area contributed by atoms with Crippen LogP contribution in [0.4, 0.5) is 4.39 Å². The van der Waals surface area contributed by atoms with Crippen LogP contribution in [0, 0.1) is 12.7 Å². The zero-order chi connectivity index (χ0) is 14.0. The van der Waals surface area contributed by atoms with Crippen molar-refractivity contribution in [3.05, 3.63) is 52.6 Å². The van der Waals surface area contributed by atoms with E-state index in [0.29, 0.717) is 0 Å². The standard InChI is InChI=1S/C14H19FN4/c1-4-13-12(8-19(3)18-13)14(17-16)10-5-9(2)6-11(15)7-10/h5-8,14,17H,4,16H2,1-3H3. The van der Waals surface area contributed by atoms with Crippen LogP contribution < -0.4 is 11.3 Å². The molecule has 0 fully saturated rings. The van der Waals surface area contributed by atoms with Gasteiger partial charge in [-0.25, -0.2) is 9.82 Å². The van der Waals surface area contributed by atoms with Gasteiger partial charge in [-0.3, -0.25) is 10.5 Å². The van der Waals surface area contributed by atoms with Crippen LogP contribution in [0.25, 0.3) is 0 Å². The van der Waals surface area contributed by atoms with Crippen LogP contribution in [0.2, 0.25) is 0 Å². The molecule has 0 radical (unpaired) electrons. The summed E-state index contributed by atoms with van der Waals surface area (Å²) < 4.78 is 15.3. The molecule has 5 heteroatoms. The van der Waals surface area contributed by atoms with Gasteiger partial charge >= 0.3 is 0 Å². The SMILES string of the molecule is CCc1nn(C)cc1C(NN)c1cc(C)cc(F)c1. The summed E-state index contributed by atoms with van der Waals surface area (Å²) in [6.07, 6.45) is 2.73. The van der Waals surface area contributed by atoms with Gasteiger partial charge in [0.15, 0.2) is 0 Å². The first kappa shape index (κ1) is 13.7. The predicted molar refractivity (Wildman–Crippen MR) is 72.9 cm³/mol. The largest absolute Gasteiger partial charge is 0.275 e. The molecule has 2 aromatic rings. The van der Waals surface area contributed by atoms with Gasteiger partial charge in [-0.1, -0.05) is 13.0 Å². The minimum Gasteiger partial charge on any atom is -0.275 e. The van der Waals surface area contributed by atoms with E-state index in [-0.39, 0.29) is 11.9 Å². The molecule has 3 N–H and O–H groups in total. The molecule has 0 aliphatic carbocycles. The van der Waals surface area contributed by atoms with Crippen molar-refractivity contribution in [3.63, 3.8) is 0 Å².